The van der Waals surface area contributed by atoms with E-state index in [-0.39, 0.29) is 0 Å². The molecule has 24 heavy (non-hydrogen) atoms. The lowest BCUT2D eigenvalue weighted by atomic mass is 10.0. The van der Waals surface area contributed by atoms with E-state index >= 15 is 0 Å². The van der Waals surface area contributed by atoms with Gasteiger partial charge in [0.25, 0.3) is 0 Å². The van der Waals surface area contributed by atoms with Crippen LogP contribution in [0.3, 0.4) is 0 Å². The monoisotopic (exact) mass is 378 g/mol. The molecule has 0 unspecified atom stereocenters. The van der Waals surface area contributed by atoms with E-state index in [1.165, 1.54) is 0 Å². The van der Waals surface area contributed by atoms with Gasteiger partial charge in [0.1, 0.15) is 11.5 Å². The van der Waals surface area contributed by atoms with Crippen LogP contribution in [0.5, 0.6) is 11.5 Å². The van der Waals surface area contributed by atoms with Crippen molar-refractivity contribution in [3.05, 3.63) is 24.3 Å². The molecule has 0 spiro atoms. The Morgan fingerprint density at radius 2 is 1.04 bits per heavy atom. The molecule has 0 radical (unpaired) electrons. The van der Waals surface area contributed by atoms with Crippen molar-refractivity contribution >= 4 is 0 Å². The van der Waals surface area contributed by atoms with Crippen molar-refractivity contribution in [1.82, 2.24) is 0 Å². The fraction of sp³-hybridized carbons (Fsp3) is 0.455. The zero-order valence-corrected chi connectivity index (χ0v) is 10.8. The van der Waals surface area contributed by atoms with E-state index in [1.807, 2.05) is 0 Å². The molecule has 0 heterocycles. The van der Waals surface area contributed by atoms with Crippen molar-refractivity contribution in [1.29, 1.82) is 0 Å². The molecule has 0 bridgehead atoms. The third-order valence-electron chi connectivity index (χ3n) is 2.59. The molecule has 0 amide bonds. The van der Waals surface area contributed by atoms with Crippen molar-refractivity contribution < 1.29 is 58.1 Å². The first-order chi connectivity index (χ1) is 10.5. The number of hydrogen-bond donors (Lipinski definition) is 1. The molecule has 0 aromatic heterocycles. The number of alkyl halides is 11. The van der Waals surface area contributed by atoms with Crippen LogP contribution in [-0.4, -0.2) is 35.2 Å². The summed E-state index contributed by atoms with van der Waals surface area (Å²) in [6, 6.07) is 1.87. The number of phenols is 1. The summed E-state index contributed by atoms with van der Waals surface area (Å²) in [5, 5.41) is 8.80. The van der Waals surface area contributed by atoms with Crippen molar-refractivity contribution in [2.24, 2.45) is 0 Å². The van der Waals surface area contributed by atoms with Gasteiger partial charge in [0, 0.05) is 0 Å². The Hall–Kier alpha value is -1.95. The first-order valence-electron chi connectivity index (χ1n) is 5.53. The zero-order valence-electron chi connectivity index (χ0n) is 10.8. The summed E-state index contributed by atoms with van der Waals surface area (Å²) >= 11 is 0. The van der Waals surface area contributed by atoms with E-state index < -0.39 is 41.6 Å². The second-order valence-electron chi connectivity index (χ2n) is 4.33. The second kappa shape index (κ2) is 5.55. The van der Waals surface area contributed by atoms with Gasteiger partial charge in [0.2, 0.25) is 0 Å². The standard InChI is InChI=1S/C11H5F11O2/c12-7(13,8(14,15)10(18,19)20)9(16,17)11(21,22)24-6-3-1-5(23)2-4-6/h1-4,23H. The van der Waals surface area contributed by atoms with Crippen LogP contribution >= 0.6 is 0 Å². The highest BCUT2D eigenvalue weighted by Gasteiger charge is 2.88. The third-order valence-corrected chi connectivity index (χ3v) is 2.59. The molecule has 0 saturated carbocycles. The minimum Gasteiger partial charge on any atom is -0.508 e. The number of ether oxygens (including phenoxy) is 1. The third kappa shape index (κ3) is 3.02. The lowest BCUT2D eigenvalue weighted by Gasteiger charge is -2.36. The van der Waals surface area contributed by atoms with Gasteiger partial charge >= 0.3 is 30.1 Å². The Bertz CT molecular complexity index is 577. The van der Waals surface area contributed by atoms with Gasteiger partial charge < -0.3 is 9.84 Å². The minimum absolute atomic E-state index is 0.360. The summed E-state index contributed by atoms with van der Waals surface area (Å²) in [6.07, 6.45) is -13.7. The van der Waals surface area contributed by atoms with Crippen LogP contribution in [0.25, 0.3) is 0 Å². The first kappa shape index (κ1) is 20.1. The van der Waals surface area contributed by atoms with Crippen LogP contribution in [-0.2, 0) is 0 Å². The van der Waals surface area contributed by atoms with Gasteiger partial charge in [0.05, 0.1) is 0 Å². The predicted molar refractivity (Wildman–Crippen MR) is 54.6 cm³/mol. The van der Waals surface area contributed by atoms with Crippen molar-refractivity contribution in [3.8, 4) is 11.5 Å². The lowest BCUT2D eigenvalue weighted by molar-refractivity contribution is -0.445. The summed E-state index contributed by atoms with van der Waals surface area (Å²) in [4.78, 5) is 0. The molecule has 2 nitrogen and oxygen atoms in total. The average Bonchev–Trinajstić information content (AvgIpc) is 2.39. The Morgan fingerprint density at radius 3 is 1.42 bits per heavy atom. The maximum absolute atomic E-state index is 13.2. The van der Waals surface area contributed by atoms with Crippen molar-refractivity contribution in [2.75, 3.05) is 0 Å². The molecule has 1 aromatic carbocycles. The number of halogens is 11. The molecule has 1 N–H and O–H groups in total. The van der Waals surface area contributed by atoms with Crippen LogP contribution in [0.15, 0.2) is 24.3 Å². The number of rotatable bonds is 5. The van der Waals surface area contributed by atoms with E-state index in [0.717, 1.165) is 0 Å². The average molecular weight is 378 g/mol. The maximum Gasteiger partial charge on any atom is 0.471 e. The fourth-order valence-electron chi connectivity index (χ4n) is 1.28. The number of benzene rings is 1. The summed E-state index contributed by atoms with van der Waals surface area (Å²) in [7, 11) is 0. The molecule has 0 atom stereocenters. The SMILES string of the molecule is Oc1ccc(OC(F)(F)C(F)(F)C(F)(F)C(F)(F)C(F)(F)F)cc1. The van der Waals surface area contributed by atoms with Crippen LogP contribution in [0.1, 0.15) is 0 Å². The molecule has 0 aliphatic carbocycles. The van der Waals surface area contributed by atoms with Crippen LogP contribution in [0.4, 0.5) is 48.3 Å². The molecule has 0 aliphatic heterocycles. The first-order valence-corrected chi connectivity index (χ1v) is 5.53. The van der Waals surface area contributed by atoms with E-state index in [4.69, 9.17) is 5.11 Å². The summed E-state index contributed by atoms with van der Waals surface area (Å²) in [5.74, 6) is -24.1. The van der Waals surface area contributed by atoms with E-state index in [1.54, 1.807) is 0 Å². The lowest BCUT2D eigenvalue weighted by Crippen LogP contribution is -2.67. The van der Waals surface area contributed by atoms with E-state index in [0.29, 0.717) is 24.3 Å². The van der Waals surface area contributed by atoms with Crippen LogP contribution < -0.4 is 4.74 Å². The van der Waals surface area contributed by atoms with Gasteiger partial charge in [-0.3, -0.25) is 0 Å². The smallest absolute Gasteiger partial charge is 0.471 e. The summed E-state index contributed by atoms with van der Waals surface area (Å²) < 4.78 is 142. The zero-order chi connectivity index (χ0) is 19.2. The quantitative estimate of drug-likeness (QED) is 0.744. The van der Waals surface area contributed by atoms with Crippen molar-refractivity contribution in [3.63, 3.8) is 0 Å². The van der Waals surface area contributed by atoms with Gasteiger partial charge in [-0.25, -0.2) is 0 Å². The Kier molecular flexibility index (Phi) is 4.65. The maximum atomic E-state index is 13.2. The second-order valence-corrected chi connectivity index (χ2v) is 4.33. The van der Waals surface area contributed by atoms with Gasteiger partial charge in [-0.1, -0.05) is 0 Å². The number of hydrogen-bond acceptors (Lipinski definition) is 2. The highest BCUT2D eigenvalue weighted by atomic mass is 19.4. The van der Waals surface area contributed by atoms with Gasteiger partial charge in [-0.05, 0) is 24.3 Å². The molecule has 13 heteroatoms. The van der Waals surface area contributed by atoms with Crippen LogP contribution in [0, 0.1) is 0 Å². The molecule has 138 valence electrons. The number of phenolic OH excluding ortho intramolecular Hbond substituents is 1. The molecule has 0 saturated heterocycles. The van der Waals surface area contributed by atoms with E-state index in [9.17, 15) is 48.3 Å². The Morgan fingerprint density at radius 1 is 0.625 bits per heavy atom. The number of aromatic hydroxyl groups is 1. The molecule has 0 aliphatic rings. The minimum atomic E-state index is -7.53. The fourth-order valence-corrected chi connectivity index (χ4v) is 1.28. The molecular formula is C11H5F11O2. The summed E-state index contributed by atoms with van der Waals surface area (Å²) in [5.41, 5.74) is 0. The molecule has 1 aromatic rings. The summed E-state index contributed by atoms with van der Waals surface area (Å²) in [6.45, 7) is 0. The highest BCUT2D eigenvalue weighted by Crippen LogP contribution is 2.57. The van der Waals surface area contributed by atoms with Crippen LogP contribution in [0.2, 0.25) is 0 Å². The largest absolute Gasteiger partial charge is 0.508 e. The van der Waals surface area contributed by atoms with Gasteiger partial charge in [-0.15, -0.1) is 0 Å². The molecular weight excluding hydrogens is 373 g/mol. The molecule has 1 rings (SSSR count). The normalized spacial score (nSPS) is 14.6. The van der Waals surface area contributed by atoms with Crippen molar-refractivity contribution in [2.45, 2.75) is 30.1 Å². The van der Waals surface area contributed by atoms with E-state index in [2.05, 4.69) is 4.74 Å². The topological polar surface area (TPSA) is 29.5 Å². The Labute approximate surface area is 125 Å². The van der Waals surface area contributed by atoms with Gasteiger partial charge in [0.15, 0.2) is 0 Å². The predicted octanol–water partition coefficient (Wildman–Crippen LogP) is 4.83. The molecule has 0 fully saturated rings. The highest BCUT2D eigenvalue weighted by molar-refractivity contribution is 5.30. The Balaban J connectivity index is 3.26. The van der Waals surface area contributed by atoms with Gasteiger partial charge in [-0.2, -0.15) is 48.3 Å².